The Morgan fingerprint density at radius 3 is 2.43 bits per heavy atom. The first kappa shape index (κ1) is 15.6. The predicted octanol–water partition coefficient (Wildman–Crippen LogP) is 3.18. The van der Waals surface area contributed by atoms with Crippen LogP contribution >= 0.6 is 11.6 Å². The molecule has 1 fully saturated rings. The van der Waals surface area contributed by atoms with Gasteiger partial charge < -0.3 is 10.2 Å². The fourth-order valence-electron chi connectivity index (χ4n) is 2.64. The lowest BCUT2D eigenvalue weighted by atomic mass is 10.2. The summed E-state index contributed by atoms with van der Waals surface area (Å²) in [5.74, 6) is -0.332. The van der Waals surface area contributed by atoms with Crippen molar-refractivity contribution in [1.29, 1.82) is 0 Å². The van der Waals surface area contributed by atoms with Crippen LogP contribution in [0.1, 0.15) is 22.3 Å². The molecule has 0 spiro atoms. The number of rotatable bonds is 3. The maximum absolute atomic E-state index is 12.5. The van der Waals surface area contributed by atoms with Gasteiger partial charge in [0.2, 0.25) is 5.91 Å². The van der Waals surface area contributed by atoms with Crippen LogP contribution in [-0.4, -0.2) is 24.4 Å². The highest BCUT2D eigenvalue weighted by molar-refractivity contribution is 6.30. The summed E-state index contributed by atoms with van der Waals surface area (Å²) >= 11 is 5.82. The first-order valence-corrected chi connectivity index (χ1v) is 7.87. The van der Waals surface area contributed by atoms with E-state index in [2.05, 4.69) is 5.32 Å². The summed E-state index contributed by atoms with van der Waals surface area (Å²) in [6, 6.07) is 13.9. The second kappa shape index (κ2) is 6.42. The molecule has 0 saturated carbocycles. The van der Waals surface area contributed by atoms with Gasteiger partial charge in [-0.25, -0.2) is 0 Å². The van der Waals surface area contributed by atoms with Gasteiger partial charge in [-0.3, -0.25) is 9.59 Å². The molecule has 1 atom stereocenters. The van der Waals surface area contributed by atoms with Crippen molar-refractivity contribution in [1.82, 2.24) is 5.32 Å². The average Bonchev–Trinajstić information content (AvgIpc) is 2.90. The van der Waals surface area contributed by atoms with E-state index < -0.39 is 6.04 Å². The third-order valence-corrected chi connectivity index (χ3v) is 4.21. The fraction of sp³-hybridized carbons (Fsp3) is 0.222. The second-order valence-corrected chi connectivity index (χ2v) is 6.08. The molecule has 1 saturated heterocycles. The molecule has 1 unspecified atom stereocenters. The third kappa shape index (κ3) is 3.37. The maximum Gasteiger partial charge on any atom is 0.251 e. The Balaban J connectivity index is 1.68. The molecule has 1 N–H and O–H groups in total. The quantitative estimate of drug-likeness (QED) is 0.940. The van der Waals surface area contributed by atoms with Crippen LogP contribution in [0.25, 0.3) is 0 Å². The van der Waals surface area contributed by atoms with Gasteiger partial charge in [0.25, 0.3) is 5.91 Å². The summed E-state index contributed by atoms with van der Waals surface area (Å²) in [6.45, 7) is 2.61. The van der Waals surface area contributed by atoms with Gasteiger partial charge in [-0.2, -0.15) is 0 Å². The Morgan fingerprint density at radius 1 is 1.13 bits per heavy atom. The standard InChI is InChI=1S/C18H17ClN2O2/c1-12-2-8-15(9-3-12)21-11-10-16(18(21)23)20-17(22)13-4-6-14(19)7-5-13/h2-9,16H,10-11H2,1H3,(H,20,22). The minimum Gasteiger partial charge on any atom is -0.340 e. The van der Waals surface area contributed by atoms with Gasteiger partial charge >= 0.3 is 0 Å². The van der Waals surface area contributed by atoms with Gasteiger partial charge in [0.1, 0.15) is 6.04 Å². The molecule has 2 aromatic rings. The van der Waals surface area contributed by atoms with E-state index in [-0.39, 0.29) is 11.8 Å². The molecule has 0 aliphatic carbocycles. The van der Waals surface area contributed by atoms with Crippen LogP contribution in [0.3, 0.4) is 0 Å². The van der Waals surface area contributed by atoms with E-state index in [0.717, 1.165) is 11.3 Å². The Kier molecular flexibility index (Phi) is 4.35. The molecule has 0 radical (unpaired) electrons. The zero-order chi connectivity index (χ0) is 16.4. The molecule has 2 aromatic carbocycles. The predicted molar refractivity (Wildman–Crippen MR) is 90.9 cm³/mol. The van der Waals surface area contributed by atoms with Gasteiger partial charge in [0.15, 0.2) is 0 Å². The van der Waals surface area contributed by atoms with Crippen molar-refractivity contribution in [3.05, 3.63) is 64.7 Å². The summed E-state index contributed by atoms with van der Waals surface area (Å²) in [5.41, 5.74) is 2.51. The first-order chi connectivity index (χ1) is 11.0. The molecule has 0 bridgehead atoms. The molecular weight excluding hydrogens is 312 g/mol. The second-order valence-electron chi connectivity index (χ2n) is 5.65. The van der Waals surface area contributed by atoms with Gasteiger partial charge in [0.05, 0.1) is 0 Å². The molecule has 2 amide bonds. The highest BCUT2D eigenvalue weighted by Crippen LogP contribution is 2.22. The Morgan fingerprint density at radius 2 is 1.78 bits per heavy atom. The SMILES string of the molecule is Cc1ccc(N2CCC(NC(=O)c3ccc(Cl)cc3)C2=O)cc1. The van der Waals surface area contributed by atoms with E-state index in [1.165, 1.54) is 0 Å². The molecule has 1 aliphatic rings. The van der Waals surface area contributed by atoms with Crippen LogP contribution in [0, 0.1) is 6.92 Å². The number of nitrogens with one attached hydrogen (secondary N) is 1. The number of aryl methyl sites for hydroxylation is 1. The van der Waals surface area contributed by atoms with Crippen LogP contribution in [0.4, 0.5) is 5.69 Å². The van der Waals surface area contributed by atoms with Crippen LogP contribution in [0.5, 0.6) is 0 Å². The van der Waals surface area contributed by atoms with E-state index >= 15 is 0 Å². The smallest absolute Gasteiger partial charge is 0.251 e. The average molecular weight is 329 g/mol. The number of carbonyl (C=O) groups is 2. The molecule has 5 heteroatoms. The number of hydrogen-bond acceptors (Lipinski definition) is 2. The van der Waals surface area contributed by atoms with Gasteiger partial charge in [-0.15, -0.1) is 0 Å². The monoisotopic (exact) mass is 328 g/mol. The number of amides is 2. The minimum absolute atomic E-state index is 0.0730. The summed E-state index contributed by atoms with van der Waals surface area (Å²) in [4.78, 5) is 26.4. The molecule has 3 rings (SSSR count). The number of nitrogens with zero attached hydrogens (tertiary/aromatic N) is 1. The van der Waals surface area contributed by atoms with E-state index in [9.17, 15) is 9.59 Å². The lowest BCUT2D eigenvalue weighted by molar-refractivity contribution is -0.118. The van der Waals surface area contributed by atoms with Crippen LogP contribution in [-0.2, 0) is 4.79 Å². The molecule has 4 nitrogen and oxygen atoms in total. The summed E-state index contributed by atoms with van der Waals surface area (Å²) in [7, 11) is 0. The fourth-order valence-corrected chi connectivity index (χ4v) is 2.76. The first-order valence-electron chi connectivity index (χ1n) is 7.49. The summed E-state index contributed by atoms with van der Waals surface area (Å²) in [5, 5.41) is 3.38. The number of carbonyl (C=O) groups excluding carboxylic acids is 2. The van der Waals surface area contributed by atoms with E-state index in [4.69, 9.17) is 11.6 Å². The number of anilines is 1. The number of hydrogen-bond donors (Lipinski definition) is 1. The molecule has 1 aliphatic heterocycles. The van der Waals surface area contributed by atoms with Crippen molar-refractivity contribution in [3.8, 4) is 0 Å². The Labute approximate surface area is 140 Å². The minimum atomic E-state index is -0.487. The highest BCUT2D eigenvalue weighted by Gasteiger charge is 2.33. The number of benzene rings is 2. The van der Waals surface area contributed by atoms with E-state index in [1.54, 1.807) is 29.2 Å². The van der Waals surface area contributed by atoms with Crippen molar-refractivity contribution >= 4 is 29.1 Å². The largest absolute Gasteiger partial charge is 0.340 e. The molecule has 1 heterocycles. The zero-order valence-electron chi connectivity index (χ0n) is 12.8. The maximum atomic E-state index is 12.5. The molecular formula is C18H17ClN2O2. The lowest BCUT2D eigenvalue weighted by Gasteiger charge is -2.17. The third-order valence-electron chi connectivity index (χ3n) is 3.96. The van der Waals surface area contributed by atoms with Crippen molar-refractivity contribution in [2.45, 2.75) is 19.4 Å². The van der Waals surface area contributed by atoms with Crippen LogP contribution in [0.2, 0.25) is 5.02 Å². The van der Waals surface area contributed by atoms with Crippen molar-refractivity contribution in [2.24, 2.45) is 0 Å². The van der Waals surface area contributed by atoms with E-state index in [1.807, 2.05) is 31.2 Å². The Bertz CT molecular complexity index is 726. The van der Waals surface area contributed by atoms with Gasteiger partial charge in [-0.05, 0) is 49.7 Å². The van der Waals surface area contributed by atoms with Crippen molar-refractivity contribution < 1.29 is 9.59 Å². The highest BCUT2D eigenvalue weighted by atomic mass is 35.5. The van der Waals surface area contributed by atoms with Crippen LogP contribution in [0.15, 0.2) is 48.5 Å². The zero-order valence-corrected chi connectivity index (χ0v) is 13.5. The summed E-state index contributed by atoms with van der Waals surface area (Å²) in [6.07, 6.45) is 0.603. The number of halogens is 1. The Hall–Kier alpha value is -2.33. The van der Waals surface area contributed by atoms with E-state index in [0.29, 0.717) is 23.6 Å². The van der Waals surface area contributed by atoms with Crippen molar-refractivity contribution in [3.63, 3.8) is 0 Å². The molecule has 0 aromatic heterocycles. The van der Waals surface area contributed by atoms with Crippen molar-refractivity contribution in [2.75, 3.05) is 11.4 Å². The molecule has 118 valence electrons. The molecule has 23 heavy (non-hydrogen) atoms. The topological polar surface area (TPSA) is 49.4 Å². The van der Waals surface area contributed by atoms with Crippen LogP contribution < -0.4 is 10.2 Å². The normalized spacial score (nSPS) is 17.4. The van der Waals surface area contributed by atoms with Gasteiger partial charge in [-0.1, -0.05) is 29.3 Å². The summed E-state index contributed by atoms with van der Waals surface area (Å²) < 4.78 is 0. The van der Waals surface area contributed by atoms with Gasteiger partial charge in [0, 0.05) is 22.8 Å². The lowest BCUT2D eigenvalue weighted by Crippen LogP contribution is -2.41.